The Morgan fingerprint density at radius 3 is 2.56 bits per heavy atom. The number of halogens is 2. The molecule has 0 spiro atoms. The van der Waals surface area contributed by atoms with Gasteiger partial charge in [-0.25, -0.2) is 18.1 Å². The van der Waals surface area contributed by atoms with Crippen molar-refractivity contribution in [2.75, 3.05) is 6.61 Å². The highest BCUT2D eigenvalue weighted by Gasteiger charge is 2.34. The molecule has 1 rings (SSSR count). The number of rotatable bonds is 4. The van der Waals surface area contributed by atoms with Gasteiger partial charge in [0.25, 0.3) is 11.5 Å². The molecule has 1 heterocycles. The zero-order valence-corrected chi connectivity index (χ0v) is 8.92. The first-order chi connectivity index (χ1) is 8.38. The largest absolute Gasteiger partial charge is 0.394 e. The Morgan fingerprint density at radius 2 is 2.06 bits per heavy atom. The van der Waals surface area contributed by atoms with E-state index in [1.807, 2.05) is 0 Å². The van der Waals surface area contributed by atoms with Gasteiger partial charge < -0.3 is 10.2 Å². The van der Waals surface area contributed by atoms with Gasteiger partial charge in [0.05, 0.1) is 6.61 Å². The van der Waals surface area contributed by atoms with E-state index >= 15 is 0 Å². The highest BCUT2D eigenvalue weighted by molar-refractivity contribution is 5.83. The predicted octanol–water partition coefficient (Wildman–Crippen LogP) is -1.79. The van der Waals surface area contributed by atoms with Gasteiger partial charge in [0, 0.05) is 12.3 Å². The van der Waals surface area contributed by atoms with E-state index in [1.54, 1.807) is 4.98 Å². The maximum atomic E-state index is 13.3. The van der Waals surface area contributed by atoms with E-state index in [-0.39, 0.29) is 4.57 Å². The van der Waals surface area contributed by atoms with Crippen molar-refractivity contribution in [1.82, 2.24) is 9.55 Å². The lowest BCUT2D eigenvalue weighted by molar-refractivity contribution is -0.00581. The van der Waals surface area contributed by atoms with Gasteiger partial charge in [-0.1, -0.05) is 0 Å². The summed E-state index contributed by atoms with van der Waals surface area (Å²) in [6.07, 6.45) is -6.91. The summed E-state index contributed by atoms with van der Waals surface area (Å²) in [6.45, 7) is -1.07. The van der Waals surface area contributed by atoms with Crippen molar-refractivity contribution >= 4 is 5.91 Å². The van der Waals surface area contributed by atoms with Crippen LogP contribution < -0.4 is 11.2 Å². The van der Waals surface area contributed by atoms with E-state index < -0.39 is 42.2 Å². The van der Waals surface area contributed by atoms with Crippen molar-refractivity contribution in [3.05, 3.63) is 33.1 Å². The molecule has 3 N–H and O–H groups in total. The fourth-order valence-corrected chi connectivity index (χ4v) is 1.16. The molecule has 1 aromatic rings. The van der Waals surface area contributed by atoms with Crippen LogP contribution in [-0.4, -0.2) is 50.7 Å². The van der Waals surface area contributed by atoms with E-state index in [0.717, 1.165) is 6.07 Å². The first kappa shape index (κ1) is 14.2. The second-order valence-electron chi connectivity index (χ2n) is 3.41. The maximum Gasteiger partial charge on any atom is 0.335 e. The third kappa shape index (κ3) is 2.87. The van der Waals surface area contributed by atoms with Gasteiger partial charge in [0.15, 0.2) is 6.17 Å². The molecule has 18 heavy (non-hydrogen) atoms. The summed E-state index contributed by atoms with van der Waals surface area (Å²) >= 11 is 0. The molecule has 7 nitrogen and oxygen atoms in total. The number of H-pyrrole nitrogens is 1. The van der Waals surface area contributed by atoms with Crippen molar-refractivity contribution in [2.24, 2.45) is 0 Å². The molecule has 3 atom stereocenters. The van der Waals surface area contributed by atoms with Gasteiger partial charge in [0.1, 0.15) is 6.10 Å². The van der Waals surface area contributed by atoms with Gasteiger partial charge in [-0.15, -0.1) is 0 Å². The maximum absolute atomic E-state index is 13.3. The molecule has 0 amide bonds. The molecule has 100 valence electrons. The number of aliphatic hydroxyl groups is 2. The van der Waals surface area contributed by atoms with E-state index in [0.29, 0.717) is 6.20 Å². The zero-order valence-electron chi connectivity index (χ0n) is 8.92. The SMILES string of the molecule is O=C([C@H](F)[C@H](F)[C@H](O)CO)n1ccc(=O)[nH]c1=O. The fraction of sp³-hybridized carbons (Fsp3) is 0.444. The first-order valence-corrected chi connectivity index (χ1v) is 4.81. The van der Waals surface area contributed by atoms with Gasteiger partial charge >= 0.3 is 5.69 Å². The number of nitrogens with zero attached hydrogens (tertiary/aromatic N) is 1. The smallest absolute Gasteiger partial charge is 0.335 e. The second kappa shape index (κ2) is 5.65. The number of aromatic nitrogens is 2. The van der Waals surface area contributed by atoms with Crippen LogP contribution in [0, 0.1) is 0 Å². The standard InChI is InChI=1S/C9H10F2N2O5/c10-6(4(15)3-14)7(11)8(17)13-2-1-5(16)12-9(13)18/h1-2,4,6-7,14-15H,3H2,(H,12,16,18)/t4-,6-,7-/m1/s1. The molecule has 0 unspecified atom stereocenters. The van der Waals surface area contributed by atoms with Crippen molar-refractivity contribution in [3.8, 4) is 0 Å². The molecule has 0 aromatic carbocycles. The molecule has 0 radical (unpaired) electrons. The minimum Gasteiger partial charge on any atom is -0.394 e. The summed E-state index contributed by atoms with van der Waals surface area (Å²) < 4.78 is 26.7. The highest BCUT2D eigenvalue weighted by atomic mass is 19.2. The molecule has 0 aliphatic carbocycles. The van der Waals surface area contributed by atoms with Crippen molar-refractivity contribution in [2.45, 2.75) is 18.4 Å². The number of aliphatic hydroxyl groups excluding tert-OH is 2. The Labute approximate surface area is 98.3 Å². The third-order valence-electron chi connectivity index (χ3n) is 2.13. The van der Waals surface area contributed by atoms with Crippen LogP contribution in [0.2, 0.25) is 0 Å². The Bertz CT molecular complexity index is 540. The van der Waals surface area contributed by atoms with E-state index in [4.69, 9.17) is 10.2 Å². The van der Waals surface area contributed by atoms with E-state index in [2.05, 4.69) is 0 Å². The Balaban J connectivity index is 3.00. The number of hydrogen-bond acceptors (Lipinski definition) is 5. The molecule has 9 heteroatoms. The summed E-state index contributed by atoms with van der Waals surface area (Å²) in [5.74, 6) is -1.59. The van der Waals surface area contributed by atoms with Crippen molar-refractivity contribution < 1.29 is 23.8 Å². The molecular weight excluding hydrogens is 254 g/mol. The number of nitrogens with one attached hydrogen (secondary N) is 1. The molecule has 0 aliphatic rings. The van der Waals surface area contributed by atoms with Crippen LogP contribution in [0.25, 0.3) is 0 Å². The summed E-state index contributed by atoms with van der Waals surface area (Å²) in [6, 6.07) is 0.779. The summed E-state index contributed by atoms with van der Waals surface area (Å²) in [7, 11) is 0. The fourth-order valence-electron chi connectivity index (χ4n) is 1.16. The number of carbonyl (C=O) groups is 1. The Kier molecular flexibility index (Phi) is 4.45. The molecule has 0 fully saturated rings. The lowest BCUT2D eigenvalue weighted by atomic mass is 10.1. The molecule has 1 aromatic heterocycles. The van der Waals surface area contributed by atoms with Crippen molar-refractivity contribution in [1.29, 1.82) is 0 Å². The summed E-state index contributed by atoms with van der Waals surface area (Å²) in [4.78, 5) is 34.9. The van der Waals surface area contributed by atoms with E-state index in [1.165, 1.54) is 0 Å². The normalized spacial score (nSPS) is 16.0. The average molecular weight is 264 g/mol. The van der Waals surface area contributed by atoms with Crippen LogP contribution in [0.1, 0.15) is 4.79 Å². The molecular formula is C9H10F2N2O5. The Morgan fingerprint density at radius 1 is 1.44 bits per heavy atom. The first-order valence-electron chi connectivity index (χ1n) is 4.81. The average Bonchev–Trinajstić information content (AvgIpc) is 2.35. The molecule has 0 saturated heterocycles. The lowest BCUT2D eigenvalue weighted by Gasteiger charge is -2.16. The Hall–Kier alpha value is -1.87. The van der Waals surface area contributed by atoms with Crippen LogP contribution in [0.15, 0.2) is 21.9 Å². The molecule has 0 saturated carbocycles. The van der Waals surface area contributed by atoms with Crippen LogP contribution >= 0.6 is 0 Å². The van der Waals surface area contributed by atoms with Crippen LogP contribution in [0.5, 0.6) is 0 Å². The number of carbonyl (C=O) groups excluding carboxylic acids is 1. The number of alkyl halides is 2. The van der Waals surface area contributed by atoms with Crippen LogP contribution in [-0.2, 0) is 0 Å². The number of hydrogen-bond donors (Lipinski definition) is 3. The summed E-state index contributed by atoms with van der Waals surface area (Å²) in [5, 5.41) is 17.3. The van der Waals surface area contributed by atoms with Crippen LogP contribution in [0.3, 0.4) is 0 Å². The predicted molar refractivity (Wildman–Crippen MR) is 54.8 cm³/mol. The zero-order chi connectivity index (χ0) is 13.9. The molecule has 0 aliphatic heterocycles. The van der Waals surface area contributed by atoms with Gasteiger partial charge in [-0.3, -0.25) is 14.6 Å². The number of aromatic amines is 1. The van der Waals surface area contributed by atoms with Crippen LogP contribution in [0.4, 0.5) is 8.78 Å². The quantitative estimate of drug-likeness (QED) is 0.594. The lowest BCUT2D eigenvalue weighted by Crippen LogP contribution is -2.44. The molecule has 0 bridgehead atoms. The van der Waals surface area contributed by atoms with Crippen molar-refractivity contribution in [3.63, 3.8) is 0 Å². The monoisotopic (exact) mass is 264 g/mol. The minimum absolute atomic E-state index is 0.169. The topological polar surface area (TPSA) is 112 Å². The van der Waals surface area contributed by atoms with Gasteiger partial charge in [0.2, 0.25) is 6.17 Å². The van der Waals surface area contributed by atoms with Gasteiger partial charge in [-0.05, 0) is 0 Å². The second-order valence-corrected chi connectivity index (χ2v) is 3.41. The minimum atomic E-state index is -2.84. The van der Waals surface area contributed by atoms with E-state index in [9.17, 15) is 23.2 Å². The third-order valence-corrected chi connectivity index (χ3v) is 2.13. The highest BCUT2D eigenvalue weighted by Crippen LogP contribution is 2.10. The summed E-state index contributed by atoms with van der Waals surface area (Å²) in [5.41, 5.74) is -2.02. The van der Waals surface area contributed by atoms with Gasteiger partial charge in [-0.2, -0.15) is 0 Å².